The predicted octanol–water partition coefficient (Wildman–Crippen LogP) is 4.69. The number of aryl methyl sites for hydroxylation is 1. The maximum Gasteiger partial charge on any atom is 0.277 e. The van der Waals surface area contributed by atoms with E-state index in [0.29, 0.717) is 17.0 Å². The molecule has 0 saturated heterocycles. The standard InChI is InChI=1S/C15H15BrN4O2S/c1-3-4-12-17-13(22-20-12)9(2)23-15-19-18-14(21-15)10-5-7-11(16)8-6-10/h5-9H,3-4H2,1-2H3. The van der Waals surface area contributed by atoms with Crippen LogP contribution in [0.1, 0.15) is 37.2 Å². The van der Waals surface area contributed by atoms with Gasteiger partial charge in [0.1, 0.15) is 0 Å². The predicted molar refractivity (Wildman–Crippen MR) is 90.0 cm³/mol. The molecule has 1 atom stereocenters. The van der Waals surface area contributed by atoms with Gasteiger partial charge in [0.2, 0.25) is 11.8 Å². The Hall–Kier alpha value is -1.67. The zero-order valence-corrected chi connectivity index (χ0v) is 15.1. The van der Waals surface area contributed by atoms with Crippen LogP contribution in [0.25, 0.3) is 11.5 Å². The number of benzene rings is 1. The fourth-order valence-corrected chi connectivity index (χ4v) is 2.90. The topological polar surface area (TPSA) is 77.8 Å². The monoisotopic (exact) mass is 394 g/mol. The van der Waals surface area contributed by atoms with E-state index in [-0.39, 0.29) is 5.25 Å². The van der Waals surface area contributed by atoms with Crippen molar-refractivity contribution in [3.05, 3.63) is 40.5 Å². The lowest BCUT2D eigenvalue weighted by Gasteiger charge is -2.00. The van der Waals surface area contributed by atoms with Crippen LogP contribution in [0.5, 0.6) is 0 Å². The van der Waals surface area contributed by atoms with Gasteiger partial charge < -0.3 is 8.94 Å². The molecule has 1 aromatic carbocycles. The quantitative estimate of drug-likeness (QED) is 0.561. The highest BCUT2D eigenvalue weighted by atomic mass is 79.9. The molecular weight excluding hydrogens is 380 g/mol. The van der Waals surface area contributed by atoms with Crippen molar-refractivity contribution >= 4 is 27.7 Å². The van der Waals surface area contributed by atoms with E-state index in [9.17, 15) is 0 Å². The van der Waals surface area contributed by atoms with Crippen molar-refractivity contribution in [1.82, 2.24) is 20.3 Å². The number of hydrogen-bond acceptors (Lipinski definition) is 7. The first-order chi connectivity index (χ1) is 11.2. The first-order valence-corrected chi connectivity index (χ1v) is 8.91. The Bertz CT molecular complexity index is 772. The molecule has 3 rings (SSSR count). The molecule has 0 fully saturated rings. The van der Waals surface area contributed by atoms with E-state index in [1.54, 1.807) is 0 Å². The van der Waals surface area contributed by atoms with Gasteiger partial charge in [-0.2, -0.15) is 4.98 Å². The van der Waals surface area contributed by atoms with Crippen LogP contribution in [0.3, 0.4) is 0 Å². The summed E-state index contributed by atoms with van der Waals surface area (Å²) in [6.45, 7) is 4.05. The molecule has 23 heavy (non-hydrogen) atoms. The number of thioether (sulfide) groups is 1. The van der Waals surface area contributed by atoms with Crippen LogP contribution in [-0.4, -0.2) is 20.3 Å². The summed E-state index contributed by atoms with van der Waals surface area (Å²) in [6, 6.07) is 7.71. The van der Waals surface area contributed by atoms with E-state index in [4.69, 9.17) is 8.94 Å². The van der Waals surface area contributed by atoms with E-state index < -0.39 is 0 Å². The second-order valence-corrected chi connectivity index (χ2v) is 7.15. The summed E-state index contributed by atoms with van der Waals surface area (Å²) in [6.07, 6.45) is 1.80. The van der Waals surface area contributed by atoms with Gasteiger partial charge in [-0.15, -0.1) is 10.2 Å². The van der Waals surface area contributed by atoms with E-state index in [2.05, 4.69) is 43.2 Å². The largest absolute Gasteiger partial charge is 0.411 e. The van der Waals surface area contributed by atoms with Gasteiger partial charge in [-0.1, -0.05) is 39.8 Å². The van der Waals surface area contributed by atoms with Gasteiger partial charge in [0.25, 0.3) is 5.22 Å². The lowest BCUT2D eigenvalue weighted by atomic mass is 10.2. The van der Waals surface area contributed by atoms with Crippen molar-refractivity contribution in [2.75, 3.05) is 0 Å². The molecule has 1 unspecified atom stereocenters. The van der Waals surface area contributed by atoms with Gasteiger partial charge in [-0.05, 0) is 37.6 Å². The van der Waals surface area contributed by atoms with E-state index in [0.717, 1.165) is 28.7 Å². The second-order valence-electron chi connectivity index (χ2n) is 4.94. The van der Waals surface area contributed by atoms with Crippen LogP contribution in [0, 0.1) is 0 Å². The number of hydrogen-bond donors (Lipinski definition) is 0. The molecule has 2 aromatic heterocycles. The summed E-state index contributed by atoms with van der Waals surface area (Å²) >= 11 is 4.80. The Labute approximate surface area is 146 Å². The highest BCUT2D eigenvalue weighted by Gasteiger charge is 2.19. The molecule has 0 aliphatic heterocycles. The fourth-order valence-electron chi connectivity index (χ4n) is 1.93. The Kier molecular flexibility index (Phi) is 5.12. The van der Waals surface area contributed by atoms with Gasteiger partial charge in [-0.25, -0.2) is 0 Å². The lowest BCUT2D eigenvalue weighted by molar-refractivity contribution is 0.373. The Morgan fingerprint density at radius 1 is 1.22 bits per heavy atom. The summed E-state index contributed by atoms with van der Waals surface area (Å²) in [4.78, 5) is 4.38. The molecule has 0 spiro atoms. The maximum atomic E-state index is 5.69. The zero-order valence-electron chi connectivity index (χ0n) is 12.7. The summed E-state index contributed by atoms with van der Waals surface area (Å²) in [5.74, 6) is 1.79. The number of nitrogens with zero attached hydrogens (tertiary/aromatic N) is 4. The average molecular weight is 395 g/mol. The first kappa shape index (κ1) is 16.2. The molecule has 0 N–H and O–H groups in total. The Balaban J connectivity index is 1.69. The van der Waals surface area contributed by atoms with Gasteiger partial charge >= 0.3 is 0 Å². The van der Waals surface area contributed by atoms with Crippen molar-refractivity contribution in [3.63, 3.8) is 0 Å². The summed E-state index contributed by atoms with van der Waals surface area (Å²) in [5, 5.41) is 12.5. The Morgan fingerprint density at radius 2 is 2.00 bits per heavy atom. The minimum atomic E-state index is -0.0497. The molecule has 8 heteroatoms. The zero-order chi connectivity index (χ0) is 16.2. The van der Waals surface area contributed by atoms with E-state index in [1.807, 2.05) is 31.2 Å². The molecule has 0 saturated carbocycles. The average Bonchev–Trinajstić information content (AvgIpc) is 3.18. The third-order valence-electron chi connectivity index (χ3n) is 3.08. The van der Waals surface area contributed by atoms with E-state index in [1.165, 1.54) is 11.8 Å². The van der Waals surface area contributed by atoms with Crippen LogP contribution in [0.4, 0.5) is 0 Å². The minimum Gasteiger partial charge on any atom is -0.411 e. The molecule has 2 heterocycles. The van der Waals surface area contributed by atoms with Crippen LogP contribution in [0.2, 0.25) is 0 Å². The molecule has 0 bridgehead atoms. The Morgan fingerprint density at radius 3 is 2.74 bits per heavy atom. The SMILES string of the molecule is CCCc1noc(C(C)Sc2nnc(-c3ccc(Br)cc3)o2)n1. The lowest BCUT2D eigenvalue weighted by Crippen LogP contribution is -1.90. The highest BCUT2D eigenvalue weighted by Crippen LogP contribution is 2.34. The van der Waals surface area contributed by atoms with Gasteiger partial charge in [0.05, 0.1) is 5.25 Å². The molecule has 6 nitrogen and oxygen atoms in total. The normalized spacial score (nSPS) is 12.5. The number of halogens is 1. The van der Waals surface area contributed by atoms with Gasteiger partial charge in [0.15, 0.2) is 5.82 Å². The first-order valence-electron chi connectivity index (χ1n) is 7.24. The van der Waals surface area contributed by atoms with Crippen LogP contribution in [0.15, 0.2) is 42.9 Å². The smallest absolute Gasteiger partial charge is 0.277 e. The molecule has 3 aromatic rings. The van der Waals surface area contributed by atoms with Crippen LogP contribution in [-0.2, 0) is 6.42 Å². The molecule has 0 aliphatic carbocycles. The van der Waals surface area contributed by atoms with Crippen molar-refractivity contribution < 1.29 is 8.94 Å². The van der Waals surface area contributed by atoms with Gasteiger partial charge in [0, 0.05) is 16.5 Å². The number of aromatic nitrogens is 4. The van der Waals surface area contributed by atoms with Crippen molar-refractivity contribution in [2.45, 2.75) is 37.2 Å². The summed E-state index contributed by atoms with van der Waals surface area (Å²) < 4.78 is 12.0. The van der Waals surface area contributed by atoms with Gasteiger partial charge in [-0.3, -0.25) is 0 Å². The van der Waals surface area contributed by atoms with Crippen LogP contribution >= 0.6 is 27.7 Å². The van der Waals surface area contributed by atoms with Crippen molar-refractivity contribution in [2.24, 2.45) is 0 Å². The third kappa shape index (κ3) is 4.00. The van der Waals surface area contributed by atoms with E-state index >= 15 is 0 Å². The highest BCUT2D eigenvalue weighted by molar-refractivity contribution is 9.10. The second kappa shape index (κ2) is 7.27. The van der Waals surface area contributed by atoms with Crippen LogP contribution < -0.4 is 0 Å². The molecule has 0 amide bonds. The summed E-state index contributed by atoms with van der Waals surface area (Å²) in [5.41, 5.74) is 0.878. The molecule has 0 radical (unpaired) electrons. The maximum absolute atomic E-state index is 5.69. The molecular formula is C15H15BrN4O2S. The number of rotatable bonds is 6. The molecule has 120 valence electrons. The van der Waals surface area contributed by atoms with Crippen molar-refractivity contribution in [1.29, 1.82) is 0 Å². The molecule has 0 aliphatic rings. The van der Waals surface area contributed by atoms with Crippen molar-refractivity contribution in [3.8, 4) is 11.5 Å². The fraction of sp³-hybridized carbons (Fsp3) is 0.333. The minimum absolute atomic E-state index is 0.0497. The third-order valence-corrected chi connectivity index (χ3v) is 4.53. The summed E-state index contributed by atoms with van der Waals surface area (Å²) in [7, 11) is 0.